The molecule has 33 heavy (non-hydrogen) atoms. The number of aromatic nitrogens is 1. The quantitative estimate of drug-likeness (QED) is 0.643. The summed E-state index contributed by atoms with van der Waals surface area (Å²) in [4.78, 5) is 19.2. The number of pyridine rings is 1. The van der Waals surface area contributed by atoms with Crippen molar-refractivity contribution in [3.63, 3.8) is 0 Å². The van der Waals surface area contributed by atoms with E-state index in [-0.39, 0.29) is 48.0 Å². The molecule has 1 unspecified atom stereocenters. The summed E-state index contributed by atoms with van der Waals surface area (Å²) in [6.45, 7) is 0.921. The largest absolute Gasteiger partial charge is 0.416 e. The average Bonchev–Trinajstić information content (AvgIpc) is 3.11. The van der Waals surface area contributed by atoms with E-state index in [0.717, 1.165) is 12.1 Å². The van der Waals surface area contributed by atoms with Crippen LogP contribution in [-0.4, -0.2) is 62.4 Å². The fraction of sp³-hybridized carbons (Fsp3) is 0.400. The molecule has 0 bridgehead atoms. The molecule has 0 saturated carbocycles. The number of anilines is 2. The van der Waals surface area contributed by atoms with Crippen LogP contribution in [0.5, 0.6) is 0 Å². The van der Waals surface area contributed by atoms with E-state index in [2.05, 4.69) is 4.98 Å². The van der Waals surface area contributed by atoms with Crippen LogP contribution in [0.3, 0.4) is 0 Å². The number of amides is 1. The molecule has 8 nitrogen and oxygen atoms in total. The van der Waals surface area contributed by atoms with Gasteiger partial charge in [0.25, 0.3) is 0 Å². The van der Waals surface area contributed by atoms with E-state index in [1.807, 2.05) is 0 Å². The van der Waals surface area contributed by atoms with Crippen molar-refractivity contribution in [2.24, 2.45) is 5.73 Å². The number of rotatable bonds is 4. The maximum Gasteiger partial charge on any atom is 0.416 e. The summed E-state index contributed by atoms with van der Waals surface area (Å²) in [5.74, 6) is -0.158. The standard InChI is InChI=1S/C20H21ClF3N5O3S/c21-17-11-13(20(22,23)24)12-18(26-17)27-7-9-28(10-8-27)33(31,32)15-3-1-14(2-4-15)29-6-5-16(25)19(29)30/h1-4,11-12,16H,5-10,25H2. The molecule has 2 N–H and O–H groups in total. The molecule has 0 radical (unpaired) electrons. The molecule has 3 heterocycles. The third-order valence-corrected chi connectivity index (χ3v) is 7.81. The highest BCUT2D eigenvalue weighted by molar-refractivity contribution is 7.89. The van der Waals surface area contributed by atoms with Gasteiger partial charge < -0.3 is 15.5 Å². The number of nitrogens with zero attached hydrogens (tertiary/aromatic N) is 4. The number of carbonyl (C=O) groups is 1. The van der Waals surface area contributed by atoms with E-state index in [1.165, 1.54) is 21.3 Å². The number of hydrogen-bond acceptors (Lipinski definition) is 6. The van der Waals surface area contributed by atoms with Crippen LogP contribution in [0.1, 0.15) is 12.0 Å². The van der Waals surface area contributed by atoms with Gasteiger partial charge in [0.2, 0.25) is 15.9 Å². The number of hydrogen-bond donors (Lipinski definition) is 1. The molecule has 2 aromatic rings. The monoisotopic (exact) mass is 503 g/mol. The zero-order valence-corrected chi connectivity index (χ0v) is 18.9. The third kappa shape index (κ3) is 4.79. The molecule has 1 aromatic carbocycles. The molecule has 2 saturated heterocycles. The van der Waals surface area contributed by atoms with Gasteiger partial charge in [0.15, 0.2) is 0 Å². The van der Waals surface area contributed by atoms with Crippen molar-refractivity contribution < 1.29 is 26.4 Å². The lowest BCUT2D eigenvalue weighted by atomic mass is 10.2. The van der Waals surface area contributed by atoms with Crippen LogP contribution in [0.15, 0.2) is 41.3 Å². The first-order chi connectivity index (χ1) is 15.5. The second-order valence-electron chi connectivity index (χ2n) is 7.80. The maximum atomic E-state index is 13.1. The van der Waals surface area contributed by atoms with Gasteiger partial charge in [-0.15, -0.1) is 0 Å². The Kier molecular flexibility index (Phi) is 6.29. The number of nitrogens with two attached hydrogens (primary N) is 1. The minimum Gasteiger partial charge on any atom is -0.354 e. The Morgan fingerprint density at radius 2 is 1.67 bits per heavy atom. The van der Waals surface area contributed by atoms with Gasteiger partial charge in [-0.25, -0.2) is 13.4 Å². The zero-order valence-electron chi connectivity index (χ0n) is 17.3. The molecule has 2 aliphatic heterocycles. The fourth-order valence-electron chi connectivity index (χ4n) is 3.87. The van der Waals surface area contributed by atoms with Crippen molar-refractivity contribution in [2.45, 2.75) is 23.5 Å². The Labute approximate surface area is 193 Å². The average molecular weight is 504 g/mol. The highest BCUT2D eigenvalue weighted by Crippen LogP contribution is 2.33. The number of piperazine rings is 1. The molecule has 1 atom stereocenters. The highest BCUT2D eigenvalue weighted by Gasteiger charge is 2.34. The summed E-state index contributed by atoms with van der Waals surface area (Å²) < 4.78 is 66.6. The van der Waals surface area contributed by atoms with Gasteiger partial charge in [0, 0.05) is 38.4 Å². The van der Waals surface area contributed by atoms with Gasteiger partial charge in [0.05, 0.1) is 16.5 Å². The molecule has 1 amide bonds. The van der Waals surface area contributed by atoms with Crippen molar-refractivity contribution in [3.05, 3.63) is 47.1 Å². The summed E-state index contributed by atoms with van der Waals surface area (Å²) in [6, 6.07) is 7.09. The molecule has 0 aliphatic carbocycles. The Bertz CT molecular complexity index is 1150. The van der Waals surface area contributed by atoms with Crippen molar-refractivity contribution in [2.75, 3.05) is 42.5 Å². The molecule has 178 valence electrons. The van der Waals surface area contributed by atoms with Gasteiger partial charge in [-0.3, -0.25) is 4.79 Å². The summed E-state index contributed by atoms with van der Waals surface area (Å²) in [7, 11) is -3.82. The number of benzene rings is 1. The van der Waals surface area contributed by atoms with E-state index in [1.54, 1.807) is 17.0 Å². The second-order valence-corrected chi connectivity index (χ2v) is 10.1. The fourth-order valence-corrected chi connectivity index (χ4v) is 5.50. The SMILES string of the molecule is NC1CCN(c2ccc(S(=O)(=O)N3CCN(c4cc(C(F)(F)F)cc(Cl)n4)CC3)cc2)C1=O. The molecular weight excluding hydrogens is 483 g/mol. The number of sulfonamides is 1. The van der Waals surface area contributed by atoms with Crippen LogP contribution in [0.4, 0.5) is 24.7 Å². The zero-order chi connectivity index (χ0) is 24.0. The van der Waals surface area contributed by atoms with E-state index in [4.69, 9.17) is 17.3 Å². The van der Waals surface area contributed by atoms with Gasteiger partial charge in [-0.05, 0) is 42.8 Å². The summed E-state index contributed by atoms with van der Waals surface area (Å²) in [5.41, 5.74) is 5.39. The minimum atomic E-state index is -4.57. The first kappa shape index (κ1) is 23.7. The maximum absolute atomic E-state index is 13.1. The number of halogens is 4. The Hall–Kier alpha value is -2.41. The van der Waals surface area contributed by atoms with Crippen LogP contribution in [0.25, 0.3) is 0 Å². The Morgan fingerprint density at radius 1 is 1.03 bits per heavy atom. The molecule has 4 rings (SSSR count). The number of carbonyl (C=O) groups excluding carboxylic acids is 1. The van der Waals surface area contributed by atoms with Crippen molar-refractivity contribution >= 4 is 39.0 Å². The Morgan fingerprint density at radius 3 is 2.21 bits per heavy atom. The first-order valence-electron chi connectivity index (χ1n) is 10.1. The van der Waals surface area contributed by atoms with Crippen LogP contribution >= 0.6 is 11.6 Å². The van der Waals surface area contributed by atoms with E-state index in [0.29, 0.717) is 18.7 Å². The van der Waals surface area contributed by atoms with Crippen molar-refractivity contribution in [1.82, 2.24) is 9.29 Å². The van der Waals surface area contributed by atoms with Gasteiger partial charge >= 0.3 is 6.18 Å². The van der Waals surface area contributed by atoms with Crippen LogP contribution in [0.2, 0.25) is 5.15 Å². The summed E-state index contributed by atoms with van der Waals surface area (Å²) in [6.07, 6.45) is -4.03. The molecule has 13 heteroatoms. The molecule has 0 spiro atoms. The Balaban J connectivity index is 1.45. The predicted molar refractivity (Wildman–Crippen MR) is 117 cm³/mol. The summed E-state index contributed by atoms with van der Waals surface area (Å²) in [5, 5.41) is -0.285. The molecular formula is C20H21ClF3N5O3S. The van der Waals surface area contributed by atoms with Gasteiger partial charge in [-0.1, -0.05) is 11.6 Å². The lowest BCUT2D eigenvalue weighted by Crippen LogP contribution is -2.49. The lowest BCUT2D eigenvalue weighted by Gasteiger charge is -2.35. The van der Waals surface area contributed by atoms with Crippen LogP contribution in [0, 0.1) is 0 Å². The smallest absolute Gasteiger partial charge is 0.354 e. The number of alkyl halides is 3. The minimum absolute atomic E-state index is 0.0460. The second kappa shape index (κ2) is 8.75. The third-order valence-electron chi connectivity index (χ3n) is 5.70. The predicted octanol–water partition coefficient (Wildman–Crippen LogP) is 2.33. The van der Waals surface area contributed by atoms with Crippen LogP contribution < -0.4 is 15.5 Å². The van der Waals surface area contributed by atoms with Crippen LogP contribution in [-0.2, 0) is 21.0 Å². The van der Waals surface area contributed by atoms with E-state index in [9.17, 15) is 26.4 Å². The van der Waals surface area contributed by atoms with Crippen molar-refractivity contribution in [3.8, 4) is 0 Å². The first-order valence-corrected chi connectivity index (χ1v) is 12.0. The van der Waals surface area contributed by atoms with E-state index < -0.39 is 27.8 Å². The summed E-state index contributed by atoms with van der Waals surface area (Å²) >= 11 is 5.76. The van der Waals surface area contributed by atoms with Gasteiger partial charge in [0.1, 0.15) is 11.0 Å². The molecule has 2 aliphatic rings. The lowest BCUT2D eigenvalue weighted by molar-refractivity contribution is -0.137. The van der Waals surface area contributed by atoms with Gasteiger partial charge in [-0.2, -0.15) is 17.5 Å². The molecule has 1 aromatic heterocycles. The highest BCUT2D eigenvalue weighted by atomic mass is 35.5. The van der Waals surface area contributed by atoms with E-state index >= 15 is 0 Å². The normalized spacial score (nSPS) is 20.5. The molecule has 2 fully saturated rings. The topological polar surface area (TPSA) is 99.8 Å². The van der Waals surface area contributed by atoms with Crippen molar-refractivity contribution in [1.29, 1.82) is 0 Å².